The van der Waals surface area contributed by atoms with E-state index in [2.05, 4.69) is 42.7 Å². The van der Waals surface area contributed by atoms with E-state index in [0.717, 1.165) is 22.3 Å². The van der Waals surface area contributed by atoms with Gasteiger partial charge in [-0.05, 0) is 48.4 Å². The molecule has 8 heteroatoms. The number of aliphatic imine (C=N–C) groups is 1. The van der Waals surface area contributed by atoms with E-state index in [4.69, 9.17) is 0 Å². The number of anilines is 1. The molecule has 0 aliphatic carbocycles. The summed E-state index contributed by atoms with van der Waals surface area (Å²) >= 11 is 0. The minimum atomic E-state index is -4.16. The molecule has 0 fully saturated rings. The van der Waals surface area contributed by atoms with E-state index in [1.54, 1.807) is 0 Å². The average Bonchev–Trinajstić information content (AvgIpc) is 3.19. The third-order valence-electron chi connectivity index (χ3n) is 5.86. The maximum absolute atomic E-state index is 13.4. The fourth-order valence-electron chi connectivity index (χ4n) is 4.10. The third-order valence-corrected chi connectivity index (χ3v) is 7.25. The Morgan fingerprint density at radius 3 is 2.14 bits per heavy atom. The number of urea groups is 1. The second kappa shape index (κ2) is 11.2. The number of hydrogen-bond acceptors (Lipinski definition) is 4. The number of benzene rings is 2. The fraction of sp³-hybridized carbons (Fsp3) is 0.407. The van der Waals surface area contributed by atoms with Crippen LogP contribution in [0, 0.1) is 6.92 Å². The molecular formula is C27H36N4O3S. The summed E-state index contributed by atoms with van der Waals surface area (Å²) in [5.74, 6) is 0.311. The number of carbonyl (C=O) groups is 1. The first kappa shape index (κ1) is 26.6. The van der Waals surface area contributed by atoms with Gasteiger partial charge in [-0.15, -0.1) is 0 Å². The molecule has 2 amide bonds. The molecule has 0 saturated heterocycles. The van der Waals surface area contributed by atoms with Gasteiger partial charge in [-0.3, -0.25) is 4.99 Å². The number of aryl methyl sites for hydroxylation is 1. The molecule has 1 aliphatic rings. The molecule has 0 aromatic heterocycles. The van der Waals surface area contributed by atoms with Crippen LogP contribution in [0.15, 0.2) is 59.6 Å². The van der Waals surface area contributed by atoms with E-state index in [-0.39, 0.29) is 31.0 Å². The van der Waals surface area contributed by atoms with Crippen molar-refractivity contribution in [2.75, 3.05) is 11.9 Å². The SMILES string of the molecule is Cc1cc(C(C)C)c(NC(=O)NS(=O)(=O)N(CC2=NC(C)C=C2)Cc2ccccc2)c(C(C)C)c1. The molecule has 3 rings (SSSR count). The standard InChI is InChI=1S/C27H36N4O3S/c1-18(2)24-14-20(5)15-25(19(3)4)26(24)29-27(32)30-35(33,34)31(16-22-10-8-7-9-11-22)17-23-13-12-21(6)28-23/h7-15,18-19,21H,16-17H2,1-6H3,(H2,29,30,32). The normalized spacial score (nSPS) is 15.7. The molecule has 0 radical (unpaired) electrons. The maximum atomic E-state index is 13.4. The fourth-order valence-corrected chi connectivity index (χ4v) is 5.14. The van der Waals surface area contributed by atoms with Gasteiger partial charge in [0, 0.05) is 12.2 Å². The van der Waals surface area contributed by atoms with Crippen LogP contribution in [0.25, 0.3) is 0 Å². The Morgan fingerprint density at radius 2 is 1.63 bits per heavy atom. The number of hydrogen-bond donors (Lipinski definition) is 2. The summed E-state index contributed by atoms with van der Waals surface area (Å²) in [6, 6.07) is 12.6. The van der Waals surface area contributed by atoms with Crippen molar-refractivity contribution in [3.8, 4) is 0 Å². The predicted molar refractivity (Wildman–Crippen MR) is 143 cm³/mol. The van der Waals surface area contributed by atoms with E-state index in [1.807, 2.05) is 68.5 Å². The van der Waals surface area contributed by atoms with Crippen molar-refractivity contribution in [1.29, 1.82) is 0 Å². The molecule has 0 spiro atoms. The Kier molecular flexibility index (Phi) is 8.51. The van der Waals surface area contributed by atoms with E-state index >= 15 is 0 Å². The van der Waals surface area contributed by atoms with Gasteiger partial charge in [0.1, 0.15) is 0 Å². The lowest BCUT2D eigenvalue weighted by Crippen LogP contribution is -2.46. The molecular weight excluding hydrogens is 460 g/mol. The molecule has 2 aromatic rings. The Hall–Kier alpha value is -2.97. The van der Waals surface area contributed by atoms with Crippen LogP contribution in [0.5, 0.6) is 0 Å². The first-order chi connectivity index (χ1) is 16.5. The van der Waals surface area contributed by atoms with Crippen molar-refractivity contribution in [2.24, 2.45) is 4.99 Å². The largest absolute Gasteiger partial charge is 0.333 e. The molecule has 1 aliphatic heterocycles. The van der Waals surface area contributed by atoms with Gasteiger partial charge in [-0.25, -0.2) is 9.52 Å². The Labute approximate surface area is 209 Å². The van der Waals surface area contributed by atoms with Crippen LogP contribution < -0.4 is 10.0 Å². The highest BCUT2D eigenvalue weighted by Crippen LogP contribution is 2.33. The van der Waals surface area contributed by atoms with E-state index < -0.39 is 16.2 Å². The van der Waals surface area contributed by atoms with Crippen molar-refractivity contribution in [3.05, 3.63) is 76.9 Å². The van der Waals surface area contributed by atoms with Gasteiger partial charge in [0.2, 0.25) is 0 Å². The average molecular weight is 497 g/mol. The van der Waals surface area contributed by atoms with Crippen molar-refractivity contribution in [3.63, 3.8) is 0 Å². The second-order valence-corrected chi connectivity index (χ2v) is 11.3. The topological polar surface area (TPSA) is 90.9 Å². The van der Waals surface area contributed by atoms with Gasteiger partial charge in [-0.2, -0.15) is 12.7 Å². The predicted octanol–water partition coefficient (Wildman–Crippen LogP) is 5.51. The first-order valence-corrected chi connectivity index (χ1v) is 13.4. The van der Waals surface area contributed by atoms with Gasteiger partial charge in [0.05, 0.1) is 18.3 Å². The number of rotatable bonds is 9. The number of nitrogens with one attached hydrogen (secondary N) is 2. The highest BCUT2D eigenvalue weighted by molar-refractivity contribution is 7.87. The number of amides is 2. The van der Waals surface area contributed by atoms with Gasteiger partial charge in [0.25, 0.3) is 0 Å². The Morgan fingerprint density at radius 1 is 1.03 bits per heavy atom. The quantitative estimate of drug-likeness (QED) is 0.480. The maximum Gasteiger partial charge on any atom is 0.333 e. The minimum Gasteiger partial charge on any atom is -0.307 e. The van der Waals surface area contributed by atoms with Crippen LogP contribution in [-0.2, 0) is 16.8 Å². The van der Waals surface area contributed by atoms with Crippen LogP contribution in [0.3, 0.4) is 0 Å². The van der Waals surface area contributed by atoms with Crippen molar-refractivity contribution in [1.82, 2.24) is 9.03 Å². The summed E-state index contributed by atoms with van der Waals surface area (Å²) in [4.78, 5) is 17.5. The van der Waals surface area contributed by atoms with Crippen molar-refractivity contribution in [2.45, 2.75) is 66.0 Å². The summed E-state index contributed by atoms with van der Waals surface area (Å²) in [6.07, 6.45) is 3.75. The van der Waals surface area contributed by atoms with Gasteiger partial charge >= 0.3 is 16.2 Å². The lowest BCUT2D eigenvalue weighted by atomic mass is 9.90. The number of carbonyl (C=O) groups excluding carboxylic acids is 1. The van der Waals surface area contributed by atoms with Crippen LogP contribution in [0.2, 0.25) is 0 Å². The monoisotopic (exact) mass is 496 g/mol. The van der Waals surface area contributed by atoms with E-state index in [1.165, 1.54) is 4.31 Å². The summed E-state index contributed by atoms with van der Waals surface area (Å²) in [5, 5.41) is 2.84. The molecule has 188 valence electrons. The molecule has 35 heavy (non-hydrogen) atoms. The second-order valence-electron chi connectivity index (χ2n) is 9.66. The van der Waals surface area contributed by atoms with Gasteiger partial charge in [-0.1, -0.05) is 81.8 Å². The van der Waals surface area contributed by atoms with Gasteiger partial charge in [0.15, 0.2) is 0 Å². The van der Waals surface area contributed by atoms with Crippen molar-refractivity contribution >= 4 is 27.6 Å². The van der Waals surface area contributed by atoms with Crippen LogP contribution in [0.4, 0.5) is 10.5 Å². The highest BCUT2D eigenvalue weighted by Gasteiger charge is 2.27. The Balaban J connectivity index is 1.87. The lowest BCUT2D eigenvalue weighted by Gasteiger charge is -2.24. The molecule has 0 bridgehead atoms. The molecule has 1 unspecified atom stereocenters. The molecule has 1 heterocycles. The summed E-state index contributed by atoms with van der Waals surface area (Å²) in [5.41, 5.74) is 5.19. The Bertz CT molecular complexity index is 1190. The third kappa shape index (κ3) is 7.02. The molecule has 7 nitrogen and oxygen atoms in total. The zero-order chi connectivity index (χ0) is 25.8. The van der Waals surface area contributed by atoms with Crippen LogP contribution in [-0.4, -0.2) is 37.1 Å². The van der Waals surface area contributed by atoms with Gasteiger partial charge < -0.3 is 5.32 Å². The van der Waals surface area contributed by atoms with E-state index in [9.17, 15) is 13.2 Å². The van der Waals surface area contributed by atoms with Crippen LogP contribution >= 0.6 is 0 Å². The van der Waals surface area contributed by atoms with Crippen molar-refractivity contribution < 1.29 is 13.2 Å². The zero-order valence-electron chi connectivity index (χ0n) is 21.4. The smallest absolute Gasteiger partial charge is 0.307 e. The van der Waals surface area contributed by atoms with E-state index in [0.29, 0.717) is 11.4 Å². The minimum absolute atomic E-state index is 0.00739. The molecule has 1 atom stereocenters. The highest BCUT2D eigenvalue weighted by atomic mass is 32.2. The molecule has 0 saturated carbocycles. The lowest BCUT2D eigenvalue weighted by molar-refractivity contribution is 0.255. The summed E-state index contributed by atoms with van der Waals surface area (Å²) in [7, 11) is -4.16. The molecule has 2 aromatic carbocycles. The zero-order valence-corrected chi connectivity index (χ0v) is 22.2. The number of nitrogens with zero attached hydrogens (tertiary/aromatic N) is 2. The first-order valence-electron chi connectivity index (χ1n) is 12.0. The molecule has 2 N–H and O–H groups in total. The summed E-state index contributed by atoms with van der Waals surface area (Å²) in [6.45, 7) is 12.4. The summed E-state index contributed by atoms with van der Waals surface area (Å²) < 4.78 is 30.2. The van der Waals surface area contributed by atoms with Crippen LogP contribution in [0.1, 0.15) is 68.7 Å².